The van der Waals surface area contributed by atoms with E-state index in [1.807, 2.05) is 20.8 Å². The van der Waals surface area contributed by atoms with E-state index in [0.29, 0.717) is 4.64 Å². The highest BCUT2D eigenvalue weighted by Crippen LogP contribution is 2.27. The number of methoxy groups -OCH3 is 1. The van der Waals surface area contributed by atoms with Crippen LogP contribution >= 0.6 is 12.2 Å². The van der Waals surface area contributed by atoms with E-state index in [1.165, 1.54) is 13.2 Å². The number of hydrogen-bond donors (Lipinski definition) is 1. The lowest BCUT2D eigenvalue weighted by atomic mass is 10.1. The molecule has 0 fully saturated rings. The molecule has 1 aromatic heterocycles. The Labute approximate surface area is 122 Å². The van der Waals surface area contributed by atoms with Crippen LogP contribution in [-0.2, 0) is 0 Å². The maximum atomic E-state index is 13.8. The molecule has 20 heavy (non-hydrogen) atoms. The van der Waals surface area contributed by atoms with E-state index in [0.717, 1.165) is 22.6 Å². The number of H-pyrrole nitrogens is 1. The summed E-state index contributed by atoms with van der Waals surface area (Å²) in [6, 6.07) is 4.85. The molecule has 0 saturated carbocycles. The zero-order valence-corrected chi connectivity index (χ0v) is 12.8. The SMILES string of the molecule is COc1ccc(-c2[nH]c(C(C)C)nc(=S)c2C)cc1F. The maximum absolute atomic E-state index is 13.8. The molecule has 0 atom stereocenters. The van der Waals surface area contributed by atoms with Gasteiger partial charge in [-0.2, -0.15) is 0 Å². The largest absolute Gasteiger partial charge is 0.494 e. The molecule has 0 aliphatic heterocycles. The van der Waals surface area contributed by atoms with Crippen molar-refractivity contribution in [1.82, 2.24) is 9.97 Å². The minimum Gasteiger partial charge on any atom is -0.494 e. The van der Waals surface area contributed by atoms with Crippen molar-refractivity contribution in [3.63, 3.8) is 0 Å². The maximum Gasteiger partial charge on any atom is 0.165 e. The second kappa shape index (κ2) is 5.71. The first-order valence-electron chi connectivity index (χ1n) is 6.38. The Balaban J connectivity index is 2.62. The Morgan fingerprint density at radius 3 is 2.60 bits per heavy atom. The molecule has 0 saturated heterocycles. The van der Waals surface area contributed by atoms with Crippen LogP contribution in [-0.4, -0.2) is 17.1 Å². The van der Waals surface area contributed by atoms with Crippen molar-refractivity contribution >= 4 is 12.2 Å². The number of nitrogens with one attached hydrogen (secondary N) is 1. The van der Waals surface area contributed by atoms with E-state index in [1.54, 1.807) is 12.1 Å². The lowest BCUT2D eigenvalue weighted by molar-refractivity contribution is 0.386. The van der Waals surface area contributed by atoms with Gasteiger partial charge in [0.1, 0.15) is 10.5 Å². The highest BCUT2D eigenvalue weighted by atomic mass is 32.1. The number of rotatable bonds is 3. The monoisotopic (exact) mass is 292 g/mol. The van der Waals surface area contributed by atoms with Crippen LogP contribution < -0.4 is 4.74 Å². The Bertz CT molecular complexity index is 695. The van der Waals surface area contributed by atoms with Crippen LogP contribution in [0, 0.1) is 17.4 Å². The summed E-state index contributed by atoms with van der Waals surface area (Å²) in [6.07, 6.45) is 0. The van der Waals surface area contributed by atoms with Crippen molar-refractivity contribution in [2.24, 2.45) is 0 Å². The summed E-state index contributed by atoms with van der Waals surface area (Å²) in [5.41, 5.74) is 2.38. The quantitative estimate of drug-likeness (QED) is 0.853. The Morgan fingerprint density at radius 2 is 2.05 bits per heavy atom. The highest BCUT2D eigenvalue weighted by Gasteiger charge is 2.12. The second-order valence-corrected chi connectivity index (χ2v) is 5.32. The number of halogens is 1. The number of aromatic nitrogens is 2. The summed E-state index contributed by atoms with van der Waals surface area (Å²) in [6.45, 7) is 5.94. The number of benzene rings is 1. The van der Waals surface area contributed by atoms with Crippen LogP contribution in [0.1, 0.15) is 31.2 Å². The summed E-state index contributed by atoms with van der Waals surface area (Å²) in [7, 11) is 1.44. The van der Waals surface area contributed by atoms with Crippen molar-refractivity contribution < 1.29 is 9.13 Å². The fraction of sp³-hybridized carbons (Fsp3) is 0.333. The van der Waals surface area contributed by atoms with Crippen molar-refractivity contribution in [3.8, 4) is 17.0 Å². The number of hydrogen-bond acceptors (Lipinski definition) is 3. The number of aromatic amines is 1. The molecule has 0 amide bonds. The summed E-state index contributed by atoms with van der Waals surface area (Å²) in [5.74, 6) is 0.848. The predicted octanol–water partition coefficient (Wildman–Crippen LogP) is 4.39. The van der Waals surface area contributed by atoms with Gasteiger partial charge in [-0.1, -0.05) is 26.1 Å². The molecule has 0 aliphatic carbocycles. The van der Waals surface area contributed by atoms with Crippen molar-refractivity contribution in [2.45, 2.75) is 26.7 Å². The van der Waals surface area contributed by atoms with Gasteiger partial charge in [0.25, 0.3) is 0 Å². The first-order chi connectivity index (χ1) is 9.43. The Kier molecular flexibility index (Phi) is 4.18. The summed E-state index contributed by atoms with van der Waals surface area (Å²) >= 11 is 5.28. The van der Waals surface area contributed by atoms with Gasteiger partial charge >= 0.3 is 0 Å². The molecule has 1 heterocycles. The fourth-order valence-electron chi connectivity index (χ4n) is 1.93. The van der Waals surface area contributed by atoms with Crippen molar-refractivity contribution in [3.05, 3.63) is 40.0 Å². The Hall–Kier alpha value is -1.75. The van der Waals surface area contributed by atoms with Gasteiger partial charge in [-0.05, 0) is 25.1 Å². The molecule has 3 nitrogen and oxygen atoms in total. The van der Waals surface area contributed by atoms with Crippen LogP contribution in [0.2, 0.25) is 0 Å². The van der Waals surface area contributed by atoms with Gasteiger partial charge in [-0.25, -0.2) is 9.37 Å². The third kappa shape index (κ3) is 2.72. The van der Waals surface area contributed by atoms with E-state index in [2.05, 4.69) is 9.97 Å². The third-order valence-electron chi connectivity index (χ3n) is 3.16. The average Bonchev–Trinajstić information content (AvgIpc) is 2.41. The van der Waals surface area contributed by atoms with Gasteiger partial charge in [0.15, 0.2) is 11.6 Å². The minimum absolute atomic E-state index is 0.221. The van der Waals surface area contributed by atoms with E-state index >= 15 is 0 Å². The lowest BCUT2D eigenvalue weighted by Crippen LogP contribution is -2.02. The smallest absolute Gasteiger partial charge is 0.165 e. The average molecular weight is 292 g/mol. The molecule has 106 valence electrons. The highest BCUT2D eigenvalue weighted by molar-refractivity contribution is 7.71. The van der Waals surface area contributed by atoms with E-state index in [-0.39, 0.29) is 11.7 Å². The van der Waals surface area contributed by atoms with Gasteiger partial charge in [-0.15, -0.1) is 0 Å². The van der Waals surface area contributed by atoms with E-state index in [4.69, 9.17) is 17.0 Å². The number of ether oxygens (including phenoxy) is 1. The molecule has 5 heteroatoms. The summed E-state index contributed by atoms with van der Waals surface area (Å²) in [5, 5.41) is 0. The second-order valence-electron chi connectivity index (χ2n) is 4.93. The fourth-order valence-corrected chi connectivity index (χ4v) is 2.13. The van der Waals surface area contributed by atoms with E-state index < -0.39 is 5.82 Å². The summed E-state index contributed by atoms with van der Waals surface area (Å²) < 4.78 is 19.3. The first-order valence-corrected chi connectivity index (χ1v) is 6.79. The molecular formula is C15H17FN2OS. The van der Waals surface area contributed by atoms with Gasteiger partial charge in [0.05, 0.1) is 12.8 Å². The normalized spacial score (nSPS) is 10.9. The standard InChI is InChI=1S/C15H17FN2OS/c1-8(2)14-17-13(9(3)15(20)18-14)10-5-6-12(19-4)11(16)7-10/h5-8H,1-4H3,(H,17,18,20). The van der Waals surface area contributed by atoms with Crippen molar-refractivity contribution in [1.29, 1.82) is 0 Å². The Morgan fingerprint density at radius 1 is 1.35 bits per heavy atom. The van der Waals surface area contributed by atoms with Crippen molar-refractivity contribution in [2.75, 3.05) is 7.11 Å². The molecule has 1 aromatic carbocycles. The lowest BCUT2D eigenvalue weighted by Gasteiger charge is -2.12. The molecule has 2 rings (SSSR count). The molecule has 0 bridgehead atoms. The van der Waals surface area contributed by atoms with Crippen LogP contribution in [0.3, 0.4) is 0 Å². The zero-order valence-electron chi connectivity index (χ0n) is 12.0. The summed E-state index contributed by atoms with van der Waals surface area (Å²) in [4.78, 5) is 7.60. The van der Waals surface area contributed by atoms with Crippen LogP contribution in [0.4, 0.5) is 4.39 Å². The van der Waals surface area contributed by atoms with Gasteiger partial charge < -0.3 is 9.72 Å². The molecular weight excluding hydrogens is 275 g/mol. The molecule has 0 aliphatic rings. The van der Waals surface area contributed by atoms with Crippen LogP contribution in [0.25, 0.3) is 11.3 Å². The molecule has 0 unspecified atom stereocenters. The predicted molar refractivity (Wildman–Crippen MR) is 80.2 cm³/mol. The van der Waals surface area contributed by atoms with Gasteiger partial charge in [-0.3, -0.25) is 0 Å². The molecule has 0 spiro atoms. The van der Waals surface area contributed by atoms with Crippen LogP contribution in [0.5, 0.6) is 5.75 Å². The molecule has 0 radical (unpaired) electrons. The van der Waals surface area contributed by atoms with Crippen LogP contribution in [0.15, 0.2) is 18.2 Å². The topological polar surface area (TPSA) is 37.9 Å². The molecule has 1 N–H and O–H groups in total. The van der Waals surface area contributed by atoms with Gasteiger partial charge in [0, 0.05) is 17.0 Å². The molecule has 2 aromatic rings. The third-order valence-corrected chi connectivity index (χ3v) is 3.56. The van der Waals surface area contributed by atoms with E-state index in [9.17, 15) is 4.39 Å². The zero-order chi connectivity index (χ0) is 14.9. The minimum atomic E-state index is -0.397. The van der Waals surface area contributed by atoms with Gasteiger partial charge in [0.2, 0.25) is 0 Å². The first kappa shape index (κ1) is 14.7. The number of nitrogens with zero attached hydrogens (tertiary/aromatic N) is 1.